The number of oxazole rings is 1. The summed E-state index contributed by atoms with van der Waals surface area (Å²) in [5.74, 6) is 0.127. The molecule has 2 aliphatic rings. The molecule has 1 aliphatic heterocycles. The minimum Gasteiger partial charge on any atom is -0.467 e. The topological polar surface area (TPSA) is 120 Å². The predicted octanol–water partition coefficient (Wildman–Crippen LogP) is 3.46. The first-order chi connectivity index (χ1) is 16.8. The second-order valence-electron chi connectivity index (χ2n) is 8.37. The Morgan fingerprint density at radius 3 is 2.77 bits per heavy atom. The highest BCUT2D eigenvalue weighted by molar-refractivity contribution is 7.85. The minimum absolute atomic E-state index is 0.0171. The Morgan fingerprint density at radius 2 is 2.11 bits per heavy atom. The summed E-state index contributed by atoms with van der Waals surface area (Å²) < 4.78 is 54.0. The average molecular weight is 501 g/mol. The number of hydrogen-bond acceptors (Lipinski definition) is 8. The fourth-order valence-corrected chi connectivity index (χ4v) is 5.49. The van der Waals surface area contributed by atoms with Gasteiger partial charge >= 0.3 is 0 Å². The summed E-state index contributed by atoms with van der Waals surface area (Å²) in [6, 6.07) is 3.48. The van der Waals surface area contributed by atoms with Gasteiger partial charge in [-0.1, -0.05) is 6.07 Å². The zero-order valence-corrected chi connectivity index (χ0v) is 19.8. The van der Waals surface area contributed by atoms with Crippen LogP contribution in [0, 0.1) is 12.7 Å². The molecule has 0 saturated heterocycles. The Balaban J connectivity index is 1.35. The number of hydrogen-bond donors (Lipinski definition) is 1. The molecule has 1 spiro atoms. The summed E-state index contributed by atoms with van der Waals surface area (Å²) >= 11 is 0. The van der Waals surface area contributed by atoms with Gasteiger partial charge in [0.25, 0.3) is 0 Å². The second kappa shape index (κ2) is 8.84. The molecule has 1 saturated carbocycles. The molecule has 182 valence electrons. The first kappa shape index (κ1) is 23.1. The average Bonchev–Trinajstić information content (AvgIpc) is 3.54. The summed E-state index contributed by atoms with van der Waals surface area (Å²) in [7, 11) is 0.165. The van der Waals surface area contributed by atoms with Crippen LogP contribution < -0.4 is 10.5 Å². The van der Waals surface area contributed by atoms with E-state index in [-0.39, 0.29) is 29.7 Å². The van der Waals surface area contributed by atoms with Gasteiger partial charge in [0.1, 0.15) is 34.3 Å². The molecule has 12 heteroatoms. The molecule has 35 heavy (non-hydrogen) atoms. The van der Waals surface area contributed by atoms with Gasteiger partial charge in [0, 0.05) is 12.6 Å². The van der Waals surface area contributed by atoms with E-state index in [1.165, 1.54) is 41.0 Å². The quantitative estimate of drug-likeness (QED) is 0.550. The zero-order chi connectivity index (χ0) is 24.7. The largest absolute Gasteiger partial charge is 0.467 e. The molecule has 9 nitrogen and oxygen atoms in total. The summed E-state index contributed by atoms with van der Waals surface area (Å²) in [6.07, 6.45) is 6.60. The Morgan fingerprint density at radius 1 is 1.31 bits per heavy atom. The third-order valence-corrected chi connectivity index (χ3v) is 7.93. The summed E-state index contributed by atoms with van der Waals surface area (Å²) in [6.45, 7) is 1.83. The molecule has 5 rings (SSSR count). The maximum atomic E-state index is 14.9. The molecule has 2 unspecified atom stereocenters. The highest BCUT2D eigenvalue weighted by atomic mass is 32.2. The number of aromatic nitrogens is 3. The highest BCUT2D eigenvalue weighted by Crippen LogP contribution is 2.55. The van der Waals surface area contributed by atoms with Gasteiger partial charge in [0.2, 0.25) is 17.7 Å². The second-order valence-corrected chi connectivity index (χ2v) is 10.2. The first-order valence-electron chi connectivity index (χ1n) is 10.8. The predicted molar refractivity (Wildman–Crippen MR) is 125 cm³/mol. The minimum atomic E-state index is -1.43. The number of ether oxygens (including phenoxy) is 1. The van der Waals surface area contributed by atoms with Gasteiger partial charge in [-0.2, -0.15) is 0 Å². The van der Waals surface area contributed by atoms with Crippen molar-refractivity contribution < 1.29 is 22.1 Å². The van der Waals surface area contributed by atoms with E-state index in [1.807, 2.05) is 0 Å². The lowest BCUT2D eigenvalue weighted by atomic mass is 9.99. The third-order valence-electron chi connectivity index (χ3n) is 5.92. The molecule has 0 bridgehead atoms. The molecular formula is C23H22F2N6O3S. The van der Waals surface area contributed by atoms with E-state index in [2.05, 4.69) is 19.9 Å². The molecule has 1 aliphatic carbocycles. The molecular weight excluding hydrogens is 478 g/mol. The van der Waals surface area contributed by atoms with Crippen molar-refractivity contribution in [3.05, 3.63) is 71.1 Å². The van der Waals surface area contributed by atoms with Gasteiger partial charge in [-0.25, -0.2) is 32.9 Å². The van der Waals surface area contributed by atoms with Crippen LogP contribution in [-0.4, -0.2) is 41.2 Å². The van der Waals surface area contributed by atoms with Crippen LogP contribution in [0.3, 0.4) is 0 Å². The number of nitrogens with zero attached hydrogens (tertiary/aromatic N) is 5. The number of nitrogens with two attached hydrogens (primary N) is 1. The van der Waals surface area contributed by atoms with E-state index >= 15 is 0 Å². The van der Waals surface area contributed by atoms with Gasteiger partial charge in [-0.3, -0.25) is 4.31 Å². The summed E-state index contributed by atoms with van der Waals surface area (Å²) in [5, 5.41) is 0. The fraction of sp³-hybridized carbons (Fsp3) is 0.304. The van der Waals surface area contributed by atoms with Gasteiger partial charge < -0.3 is 14.9 Å². The number of halogens is 2. The lowest BCUT2D eigenvalue weighted by Gasteiger charge is -2.34. The zero-order valence-electron chi connectivity index (χ0n) is 18.9. The molecule has 3 aromatic rings. The third kappa shape index (κ3) is 4.41. The molecule has 2 N–H and O–H groups in total. The smallest absolute Gasteiger partial charge is 0.232 e. The molecule has 1 fully saturated rings. The number of benzene rings is 1. The van der Waals surface area contributed by atoms with E-state index in [0.717, 1.165) is 0 Å². The van der Waals surface area contributed by atoms with Crippen LogP contribution in [0.5, 0.6) is 5.88 Å². The van der Waals surface area contributed by atoms with Crippen molar-refractivity contribution in [2.75, 3.05) is 7.05 Å². The van der Waals surface area contributed by atoms with Gasteiger partial charge in [-0.15, -0.1) is 0 Å². The monoisotopic (exact) mass is 500 g/mol. The Labute approximate surface area is 202 Å². The SMILES string of the molecule is Cc1cnc(COc2cnc(/C(F)=C/c3ccc(F)c(C4N=C(N)N(C)S(=O)C45CC5)c3)cn2)o1. The highest BCUT2D eigenvalue weighted by Gasteiger charge is 2.60. The van der Waals surface area contributed by atoms with Crippen LogP contribution in [-0.2, 0) is 17.6 Å². The Kier molecular flexibility index (Phi) is 5.83. The van der Waals surface area contributed by atoms with E-state index in [9.17, 15) is 13.0 Å². The van der Waals surface area contributed by atoms with Crippen molar-refractivity contribution in [3.63, 3.8) is 0 Å². The van der Waals surface area contributed by atoms with Crippen molar-refractivity contribution in [1.29, 1.82) is 0 Å². The molecule has 0 amide bonds. The van der Waals surface area contributed by atoms with Crippen molar-refractivity contribution in [2.24, 2.45) is 10.7 Å². The number of aryl methyl sites for hydroxylation is 1. The summed E-state index contributed by atoms with van der Waals surface area (Å²) in [5.41, 5.74) is 6.52. The fourth-order valence-electron chi connectivity index (χ4n) is 3.91. The van der Waals surface area contributed by atoms with E-state index < -0.39 is 33.4 Å². The molecule has 1 aromatic carbocycles. The number of aliphatic imine (C=N–C) groups is 1. The lowest BCUT2D eigenvalue weighted by molar-refractivity contribution is 0.250. The van der Waals surface area contributed by atoms with Crippen molar-refractivity contribution in [3.8, 4) is 5.88 Å². The van der Waals surface area contributed by atoms with Crippen LogP contribution in [0.4, 0.5) is 8.78 Å². The van der Waals surface area contributed by atoms with Gasteiger partial charge in [-0.05, 0) is 43.5 Å². The normalized spacial score (nSPS) is 21.2. The standard InChI is InChI=1S/C23H22F2N6O3S/c1-13-9-28-20(34-13)12-33-19-11-27-18(10-29-19)17(25)8-14-3-4-16(24)15(7-14)21-23(5-6-23)35(32)31(2)22(26)30-21/h3-4,7-11,21H,5-6,12H2,1-2H3,(H2,26,30)/b17-8-. The van der Waals surface area contributed by atoms with Crippen LogP contribution >= 0.6 is 0 Å². The van der Waals surface area contributed by atoms with Crippen LogP contribution in [0.2, 0.25) is 0 Å². The maximum Gasteiger partial charge on any atom is 0.232 e. The van der Waals surface area contributed by atoms with Gasteiger partial charge in [0.15, 0.2) is 12.4 Å². The van der Waals surface area contributed by atoms with E-state index in [4.69, 9.17) is 14.9 Å². The molecule has 3 heterocycles. The first-order valence-corrected chi connectivity index (χ1v) is 11.9. The van der Waals surface area contributed by atoms with Gasteiger partial charge in [0.05, 0.1) is 23.3 Å². The molecule has 0 radical (unpaired) electrons. The van der Waals surface area contributed by atoms with Crippen molar-refractivity contribution >= 4 is 28.8 Å². The Hall–Kier alpha value is -3.67. The van der Waals surface area contributed by atoms with Crippen LogP contribution in [0.1, 0.15) is 47.4 Å². The lowest BCUT2D eigenvalue weighted by Crippen LogP contribution is -2.47. The summed E-state index contributed by atoms with van der Waals surface area (Å²) in [4.78, 5) is 16.5. The number of guanidine groups is 1. The Bertz CT molecular complexity index is 1350. The van der Waals surface area contributed by atoms with E-state index in [1.54, 1.807) is 20.2 Å². The van der Waals surface area contributed by atoms with Crippen LogP contribution in [0.25, 0.3) is 11.9 Å². The number of rotatable bonds is 6. The van der Waals surface area contributed by atoms with E-state index in [0.29, 0.717) is 30.1 Å². The molecule has 2 aromatic heterocycles. The van der Waals surface area contributed by atoms with Crippen LogP contribution in [0.15, 0.2) is 46.2 Å². The maximum absolute atomic E-state index is 14.9. The van der Waals surface area contributed by atoms with Crippen molar-refractivity contribution in [2.45, 2.75) is 37.2 Å². The molecule has 2 atom stereocenters. The van der Waals surface area contributed by atoms with Crippen molar-refractivity contribution in [1.82, 2.24) is 19.3 Å².